The number of carbonyl (C=O) groups excluding carboxylic acids is 1. The van der Waals surface area contributed by atoms with Crippen molar-refractivity contribution in [1.82, 2.24) is 15.2 Å². The zero-order chi connectivity index (χ0) is 20.4. The molecule has 1 aromatic heterocycles. The Balaban J connectivity index is 1.49. The monoisotopic (exact) mass is 419 g/mol. The third-order valence-corrected chi connectivity index (χ3v) is 6.94. The maximum atomic E-state index is 14.0. The zero-order valence-corrected chi connectivity index (χ0v) is 17.9. The molecule has 2 fully saturated rings. The van der Waals surface area contributed by atoms with Crippen LogP contribution in [-0.4, -0.2) is 35.3 Å². The lowest BCUT2D eigenvalue weighted by atomic mass is 9.81. The van der Waals surface area contributed by atoms with Gasteiger partial charge in [-0.25, -0.2) is 4.39 Å². The lowest BCUT2D eigenvalue weighted by molar-refractivity contribution is 0.0894. The van der Waals surface area contributed by atoms with Gasteiger partial charge in [0, 0.05) is 30.7 Å². The summed E-state index contributed by atoms with van der Waals surface area (Å²) in [6.07, 6.45) is 8.36. The first kappa shape index (κ1) is 20.7. The second-order valence-electron chi connectivity index (χ2n) is 9.04. The summed E-state index contributed by atoms with van der Waals surface area (Å²) in [4.78, 5) is 13.0. The molecular formula is C23H31ClFN3O. The number of benzene rings is 1. The molecule has 1 atom stereocenters. The largest absolute Gasteiger partial charge is 0.352 e. The van der Waals surface area contributed by atoms with Crippen molar-refractivity contribution in [3.05, 3.63) is 35.0 Å². The van der Waals surface area contributed by atoms with Gasteiger partial charge in [0.25, 0.3) is 5.91 Å². The number of carbonyl (C=O) groups is 1. The molecule has 1 unspecified atom stereocenters. The van der Waals surface area contributed by atoms with Crippen LogP contribution < -0.4 is 10.6 Å². The summed E-state index contributed by atoms with van der Waals surface area (Å²) in [5.74, 6) is 0.255. The predicted molar refractivity (Wildman–Crippen MR) is 116 cm³/mol. The minimum Gasteiger partial charge on any atom is -0.352 e. The fraction of sp³-hybridized carbons (Fsp3) is 0.609. The summed E-state index contributed by atoms with van der Waals surface area (Å²) in [7, 11) is 0. The molecule has 158 valence electrons. The molecule has 1 saturated carbocycles. The molecule has 1 aromatic carbocycles. The van der Waals surface area contributed by atoms with Crippen molar-refractivity contribution in [2.75, 3.05) is 13.1 Å². The van der Waals surface area contributed by atoms with Gasteiger partial charge in [0.05, 0.1) is 16.1 Å². The molecule has 6 heteroatoms. The van der Waals surface area contributed by atoms with Gasteiger partial charge in [-0.05, 0) is 70.0 Å². The molecule has 0 spiro atoms. The van der Waals surface area contributed by atoms with E-state index in [1.807, 2.05) is 24.4 Å². The van der Waals surface area contributed by atoms with E-state index in [0.29, 0.717) is 41.9 Å². The number of alkyl halides is 1. The van der Waals surface area contributed by atoms with Gasteiger partial charge in [-0.1, -0.05) is 24.1 Å². The first-order valence-electron chi connectivity index (χ1n) is 10.9. The molecule has 0 bridgehead atoms. The lowest BCUT2D eigenvalue weighted by Crippen LogP contribution is -2.37. The maximum absolute atomic E-state index is 14.0. The van der Waals surface area contributed by atoms with Crippen molar-refractivity contribution >= 4 is 28.4 Å². The average molecular weight is 420 g/mol. The number of hydrogen-bond donors (Lipinski definition) is 2. The number of fused-ring (bicyclic) bond motifs is 1. The van der Waals surface area contributed by atoms with E-state index in [1.54, 1.807) is 6.92 Å². The second-order valence-corrected chi connectivity index (χ2v) is 9.45. The molecule has 1 amide bonds. The summed E-state index contributed by atoms with van der Waals surface area (Å²) < 4.78 is 16.2. The number of piperidine rings is 1. The maximum Gasteiger partial charge on any atom is 0.253 e. The Labute approximate surface area is 177 Å². The van der Waals surface area contributed by atoms with Crippen LogP contribution in [0, 0.1) is 5.92 Å². The molecule has 2 aliphatic rings. The summed E-state index contributed by atoms with van der Waals surface area (Å²) in [5.41, 5.74) is 0.586. The fourth-order valence-corrected chi connectivity index (χ4v) is 5.04. The molecule has 0 radical (unpaired) electrons. The summed E-state index contributed by atoms with van der Waals surface area (Å²) in [6, 6.07) is 6.23. The number of aromatic nitrogens is 1. The van der Waals surface area contributed by atoms with Crippen molar-refractivity contribution in [2.45, 2.75) is 70.1 Å². The first-order valence-corrected chi connectivity index (χ1v) is 11.3. The van der Waals surface area contributed by atoms with Gasteiger partial charge >= 0.3 is 0 Å². The smallest absolute Gasteiger partial charge is 0.253 e. The zero-order valence-electron chi connectivity index (χ0n) is 17.1. The minimum absolute atomic E-state index is 0.0907. The highest BCUT2D eigenvalue weighted by molar-refractivity contribution is 6.36. The summed E-state index contributed by atoms with van der Waals surface area (Å²) in [6.45, 7) is 4.16. The quantitative estimate of drug-likeness (QED) is 0.709. The van der Waals surface area contributed by atoms with Gasteiger partial charge < -0.3 is 15.2 Å². The summed E-state index contributed by atoms with van der Waals surface area (Å²) >= 11 is 6.49. The predicted octanol–water partition coefficient (Wildman–Crippen LogP) is 5.09. The number of rotatable bonds is 5. The van der Waals surface area contributed by atoms with Gasteiger partial charge in [0.15, 0.2) is 0 Å². The van der Waals surface area contributed by atoms with E-state index in [4.69, 9.17) is 11.6 Å². The molecule has 1 aliphatic heterocycles. The Kier molecular flexibility index (Phi) is 6.16. The average Bonchev–Trinajstić information content (AvgIpc) is 3.08. The van der Waals surface area contributed by atoms with E-state index in [9.17, 15) is 9.18 Å². The third kappa shape index (κ3) is 4.77. The molecule has 1 aliphatic carbocycles. The summed E-state index contributed by atoms with van der Waals surface area (Å²) in [5, 5.41) is 8.09. The molecule has 4 rings (SSSR count). The molecular weight excluding hydrogens is 389 g/mol. The van der Waals surface area contributed by atoms with Crippen LogP contribution in [0.15, 0.2) is 24.4 Å². The fourth-order valence-electron chi connectivity index (χ4n) is 4.77. The van der Waals surface area contributed by atoms with E-state index in [-0.39, 0.29) is 5.91 Å². The molecule has 2 N–H and O–H groups in total. The lowest BCUT2D eigenvalue weighted by Gasteiger charge is -2.31. The van der Waals surface area contributed by atoms with Crippen molar-refractivity contribution < 1.29 is 9.18 Å². The molecule has 1 saturated heterocycles. The van der Waals surface area contributed by atoms with E-state index >= 15 is 0 Å². The molecule has 4 nitrogen and oxygen atoms in total. The Morgan fingerprint density at radius 2 is 2.10 bits per heavy atom. The highest BCUT2D eigenvalue weighted by Gasteiger charge is 2.31. The van der Waals surface area contributed by atoms with E-state index in [2.05, 4.69) is 15.2 Å². The minimum atomic E-state index is -1.05. The highest BCUT2D eigenvalue weighted by atomic mass is 35.5. The number of nitrogens with one attached hydrogen (secondary N) is 2. The standard InChI is InChI=1S/C23H31ClFN3O/c1-23(25)10-8-16(9-11-23)13-27-22(29)18-15-28(14-17-5-2-3-12-26-17)20-7-4-6-19(24)21(18)20/h4,6-7,15-17,26H,2-3,5,8-14H2,1H3,(H,27,29). The number of halogens is 2. The van der Waals surface area contributed by atoms with E-state index in [1.165, 1.54) is 12.8 Å². The number of hydrogen-bond acceptors (Lipinski definition) is 2. The van der Waals surface area contributed by atoms with Crippen LogP contribution >= 0.6 is 11.6 Å². The van der Waals surface area contributed by atoms with Crippen molar-refractivity contribution in [3.63, 3.8) is 0 Å². The molecule has 29 heavy (non-hydrogen) atoms. The first-order chi connectivity index (χ1) is 13.9. The van der Waals surface area contributed by atoms with Crippen molar-refractivity contribution in [2.24, 2.45) is 5.92 Å². The van der Waals surface area contributed by atoms with E-state index < -0.39 is 5.67 Å². The van der Waals surface area contributed by atoms with Crippen LogP contribution in [0.1, 0.15) is 62.2 Å². The Morgan fingerprint density at radius 3 is 2.83 bits per heavy atom. The number of amides is 1. The van der Waals surface area contributed by atoms with Crippen molar-refractivity contribution in [3.8, 4) is 0 Å². The van der Waals surface area contributed by atoms with Gasteiger partial charge in [-0.2, -0.15) is 0 Å². The van der Waals surface area contributed by atoms with Gasteiger partial charge in [0.2, 0.25) is 0 Å². The van der Waals surface area contributed by atoms with Gasteiger partial charge in [0.1, 0.15) is 5.67 Å². The third-order valence-electron chi connectivity index (χ3n) is 6.63. The Bertz CT molecular complexity index is 862. The van der Waals surface area contributed by atoms with Crippen LogP contribution in [0.25, 0.3) is 10.9 Å². The second kappa shape index (κ2) is 8.65. The number of nitrogens with zero attached hydrogens (tertiary/aromatic N) is 1. The van der Waals surface area contributed by atoms with Gasteiger partial charge in [-0.15, -0.1) is 0 Å². The van der Waals surface area contributed by atoms with Crippen LogP contribution in [0.5, 0.6) is 0 Å². The highest BCUT2D eigenvalue weighted by Crippen LogP contribution is 2.34. The molecule has 2 heterocycles. The van der Waals surface area contributed by atoms with Crippen LogP contribution in [0.2, 0.25) is 5.02 Å². The van der Waals surface area contributed by atoms with Crippen LogP contribution in [0.4, 0.5) is 4.39 Å². The SMILES string of the molecule is CC1(F)CCC(CNC(=O)c2cn(CC3CCCCN3)c3cccc(Cl)c23)CC1. The normalized spacial score (nSPS) is 27.8. The van der Waals surface area contributed by atoms with Crippen LogP contribution in [-0.2, 0) is 6.54 Å². The Morgan fingerprint density at radius 1 is 1.31 bits per heavy atom. The van der Waals surface area contributed by atoms with Crippen LogP contribution in [0.3, 0.4) is 0 Å². The van der Waals surface area contributed by atoms with Gasteiger partial charge in [-0.3, -0.25) is 4.79 Å². The topological polar surface area (TPSA) is 46.1 Å². The Hall–Kier alpha value is -1.59. The molecule has 2 aromatic rings. The van der Waals surface area contributed by atoms with Crippen molar-refractivity contribution in [1.29, 1.82) is 0 Å². The van der Waals surface area contributed by atoms with E-state index in [0.717, 1.165) is 43.3 Å².